The van der Waals surface area contributed by atoms with Crippen molar-refractivity contribution in [3.8, 4) is 0 Å². The molecule has 0 atom stereocenters. The first-order valence-electron chi connectivity index (χ1n) is 8.33. The molecule has 0 unspecified atom stereocenters. The van der Waals surface area contributed by atoms with E-state index >= 15 is 0 Å². The predicted molar refractivity (Wildman–Crippen MR) is 94.4 cm³/mol. The van der Waals surface area contributed by atoms with Gasteiger partial charge in [-0.3, -0.25) is 4.79 Å². The number of carbonyl (C=O) groups excluding carboxylic acids is 1. The Balaban J connectivity index is 1.78. The van der Waals surface area contributed by atoms with Crippen LogP contribution in [0.25, 0.3) is 10.9 Å². The monoisotopic (exact) mass is 316 g/mol. The summed E-state index contributed by atoms with van der Waals surface area (Å²) in [6.07, 6.45) is 5.19. The van der Waals surface area contributed by atoms with Gasteiger partial charge < -0.3 is 15.0 Å². The summed E-state index contributed by atoms with van der Waals surface area (Å²) < 4.78 is 2.11. The number of rotatable bonds is 8. The molecule has 2 N–H and O–H groups in total. The molecule has 2 aromatic rings. The van der Waals surface area contributed by atoms with Crippen LogP contribution >= 0.6 is 0 Å². The fourth-order valence-electron chi connectivity index (χ4n) is 2.84. The highest BCUT2D eigenvalue weighted by atomic mass is 16.3. The van der Waals surface area contributed by atoms with Gasteiger partial charge in [-0.15, -0.1) is 0 Å². The minimum absolute atomic E-state index is 0.0618. The summed E-state index contributed by atoms with van der Waals surface area (Å²) in [7, 11) is 2.04. The van der Waals surface area contributed by atoms with Crippen molar-refractivity contribution in [2.45, 2.75) is 39.5 Å². The molecule has 4 heteroatoms. The Kier molecular flexibility index (Phi) is 5.83. The van der Waals surface area contributed by atoms with Crippen molar-refractivity contribution >= 4 is 16.8 Å². The number of aliphatic hydroxyl groups excluding tert-OH is 1. The van der Waals surface area contributed by atoms with Crippen LogP contribution in [-0.4, -0.2) is 28.7 Å². The number of aromatic nitrogens is 1. The van der Waals surface area contributed by atoms with Crippen molar-refractivity contribution < 1.29 is 9.90 Å². The smallest absolute Gasteiger partial charge is 0.220 e. The van der Waals surface area contributed by atoms with Crippen LogP contribution in [0, 0.1) is 5.41 Å². The topological polar surface area (TPSA) is 54.3 Å². The highest BCUT2D eigenvalue weighted by Crippen LogP contribution is 2.22. The maximum Gasteiger partial charge on any atom is 0.220 e. The Bertz CT molecular complexity index is 658. The number of aryl methyl sites for hydroxylation is 2. The third-order valence-electron chi connectivity index (χ3n) is 4.38. The molecule has 0 radical (unpaired) electrons. The zero-order chi connectivity index (χ0) is 16.9. The van der Waals surface area contributed by atoms with Crippen molar-refractivity contribution in [1.82, 2.24) is 9.88 Å². The van der Waals surface area contributed by atoms with Crippen molar-refractivity contribution in [3.63, 3.8) is 0 Å². The molecular weight excluding hydrogens is 288 g/mol. The van der Waals surface area contributed by atoms with Gasteiger partial charge in [0, 0.05) is 43.7 Å². The molecule has 0 aliphatic rings. The van der Waals surface area contributed by atoms with Gasteiger partial charge in [-0.05, 0) is 36.3 Å². The van der Waals surface area contributed by atoms with E-state index in [0.29, 0.717) is 13.0 Å². The fourth-order valence-corrected chi connectivity index (χ4v) is 2.84. The van der Waals surface area contributed by atoms with Crippen LogP contribution in [-0.2, 0) is 18.3 Å². The summed E-state index contributed by atoms with van der Waals surface area (Å²) in [5.74, 6) is 0.0970. The van der Waals surface area contributed by atoms with Gasteiger partial charge in [-0.2, -0.15) is 0 Å². The van der Waals surface area contributed by atoms with Gasteiger partial charge in [-0.1, -0.05) is 32.0 Å². The van der Waals surface area contributed by atoms with Crippen molar-refractivity contribution in [1.29, 1.82) is 0 Å². The SMILES string of the molecule is Cn1cc(CCC(=O)NCCCC(C)(C)CO)c2ccccc21. The molecule has 0 spiro atoms. The molecule has 0 bridgehead atoms. The maximum atomic E-state index is 12.0. The normalized spacial score (nSPS) is 11.8. The third-order valence-corrected chi connectivity index (χ3v) is 4.38. The van der Waals surface area contributed by atoms with E-state index in [4.69, 9.17) is 0 Å². The fraction of sp³-hybridized carbons (Fsp3) is 0.526. The number of nitrogens with one attached hydrogen (secondary N) is 1. The molecule has 0 fully saturated rings. The predicted octanol–water partition coefficient (Wildman–Crippen LogP) is 3.03. The summed E-state index contributed by atoms with van der Waals surface area (Å²) in [4.78, 5) is 12.0. The molecular formula is C19H28N2O2. The first kappa shape index (κ1) is 17.5. The Hall–Kier alpha value is -1.81. The van der Waals surface area contributed by atoms with E-state index < -0.39 is 0 Å². The zero-order valence-electron chi connectivity index (χ0n) is 14.4. The molecule has 23 heavy (non-hydrogen) atoms. The van der Waals surface area contributed by atoms with Crippen LogP contribution in [0.5, 0.6) is 0 Å². The van der Waals surface area contributed by atoms with Gasteiger partial charge >= 0.3 is 0 Å². The lowest BCUT2D eigenvalue weighted by atomic mass is 9.89. The van der Waals surface area contributed by atoms with Gasteiger partial charge in [0.25, 0.3) is 0 Å². The Morgan fingerprint density at radius 1 is 1.30 bits per heavy atom. The van der Waals surface area contributed by atoms with Crippen molar-refractivity contribution in [2.75, 3.05) is 13.2 Å². The number of fused-ring (bicyclic) bond motifs is 1. The van der Waals surface area contributed by atoms with Gasteiger partial charge in [0.2, 0.25) is 5.91 Å². The average Bonchev–Trinajstić information content (AvgIpc) is 2.86. The molecule has 1 aromatic heterocycles. The first-order chi connectivity index (χ1) is 10.9. The van der Waals surface area contributed by atoms with Gasteiger partial charge in [0.15, 0.2) is 0 Å². The molecule has 1 amide bonds. The molecule has 2 rings (SSSR count). The number of hydrogen-bond donors (Lipinski definition) is 2. The maximum absolute atomic E-state index is 12.0. The summed E-state index contributed by atoms with van der Waals surface area (Å²) in [6, 6.07) is 8.28. The molecule has 0 saturated carbocycles. The number of carbonyl (C=O) groups is 1. The van der Waals surface area contributed by atoms with Gasteiger partial charge in [0.05, 0.1) is 0 Å². The van der Waals surface area contributed by atoms with E-state index in [2.05, 4.69) is 28.2 Å². The highest BCUT2D eigenvalue weighted by Gasteiger charge is 2.15. The quantitative estimate of drug-likeness (QED) is 0.736. The minimum Gasteiger partial charge on any atom is -0.396 e. The Morgan fingerprint density at radius 3 is 2.78 bits per heavy atom. The van der Waals surface area contributed by atoms with E-state index in [0.717, 1.165) is 19.3 Å². The molecule has 0 aliphatic heterocycles. The van der Waals surface area contributed by atoms with E-state index in [1.807, 2.05) is 33.0 Å². The van der Waals surface area contributed by atoms with E-state index in [1.165, 1.54) is 16.5 Å². The molecule has 0 aliphatic carbocycles. The van der Waals surface area contributed by atoms with Crippen LogP contribution in [0.4, 0.5) is 0 Å². The number of nitrogens with zero attached hydrogens (tertiary/aromatic N) is 1. The van der Waals surface area contributed by atoms with E-state index in [9.17, 15) is 9.90 Å². The van der Waals surface area contributed by atoms with Crippen LogP contribution in [0.3, 0.4) is 0 Å². The van der Waals surface area contributed by atoms with E-state index in [-0.39, 0.29) is 17.9 Å². The van der Waals surface area contributed by atoms with Crippen molar-refractivity contribution in [2.24, 2.45) is 12.5 Å². The average molecular weight is 316 g/mol. The number of aliphatic hydroxyl groups is 1. The molecule has 126 valence electrons. The third kappa shape index (κ3) is 4.83. The second kappa shape index (κ2) is 7.64. The lowest BCUT2D eigenvalue weighted by molar-refractivity contribution is -0.121. The lowest BCUT2D eigenvalue weighted by Crippen LogP contribution is -2.26. The van der Waals surface area contributed by atoms with Crippen LogP contribution in [0.15, 0.2) is 30.5 Å². The summed E-state index contributed by atoms with van der Waals surface area (Å²) in [6.45, 7) is 4.94. The number of hydrogen-bond acceptors (Lipinski definition) is 2. The van der Waals surface area contributed by atoms with Crippen LogP contribution in [0.1, 0.15) is 38.7 Å². The Labute approximate surface area is 138 Å². The van der Waals surface area contributed by atoms with Crippen LogP contribution in [0.2, 0.25) is 0 Å². The number of para-hydroxylation sites is 1. The number of amides is 1. The molecule has 0 saturated heterocycles. The second-order valence-electron chi connectivity index (χ2n) is 7.06. The molecule has 1 heterocycles. The lowest BCUT2D eigenvalue weighted by Gasteiger charge is -2.21. The first-order valence-corrected chi connectivity index (χ1v) is 8.33. The van der Waals surface area contributed by atoms with Crippen LogP contribution < -0.4 is 5.32 Å². The minimum atomic E-state index is -0.0618. The zero-order valence-corrected chi connectivity index (χ0v) is 14.4. The Morgan fingerprint density at radius 2 is 2.04 bits per heavy atom. The summed E-state index contributed by atoms with van der Waals surface area (Å²) in [5, 5.41) is 13.4. The standard InChI is InChI=1S/C19H28N2O2/c1-19(2,14-22)11-6-12-20-18(23)10-9-15-13-21(3)17-8-5-4-7-16(15)17/h4-5,7-8,13,22H,6,9-12,14H2,1-3H3,(H,20,23). The van der Waals surface area contributed by atoms with Gasteiger partial charge in [-0.25, -0.2) is 0 Å². The second-order valence-corrected chi connectivity index (χ2v) is 7.06. The summed E-state index contributed by atoms with van der Waals surface area (Å²) in [5.41, 5.74) is 2.36. The van der Waals surface area contributed by atoms with Gasteiger partial charge in [0.1, 0.15) is 0 Å². The highest BCUT2D eigenvalue weighted by molar-refractivity contribution is 5.84. The molecule has 1 aromatic carbocycles. The largest absolute Gasteiger partial charge is 0.396 e. The number of benzene rings is 1. The van der Waals surface area contributed by atoms with E-state index in [1.54, 1.807) is 0 Å². The summed E-state index contributed by atoms with van der Waals surface area (Å²) >= 11 is 0. The van der Waals surface area contributed by atoms with Crippen molar-refractivity contribution in [3.05, 3.63) is 36.0 Å². The molecule has 4 nitrogen and oxygen atoms in total.